The monoisotopic (exact) mass is 459 g/mol. The summed E-state index contributed by atoms with van der Waals surface area (Å²) in [4.78, 5) is 26.5. The van der Waals surface area contributed by atoms with Crippen molar-refractivity contribution in [1.82, 2.24) is 24.9 Å². The van der Waals surface area contributed by atoms with Crippen LogP contribution in [0.15, 0.2) is 53.3 Å². The number of hydrogen-bond donors (Lipinski definition) is 1. The predicted molar refractivity (Wildman–Crippen MR) is 132 cm³/mol. The van der Waals surface area contributed by atoms with Gasteiger partial charge < -0.3 is 10.1 Å². The Hall–Kier alpha value is -3.94. The number of aryl methyl sites for hydroxylation is 3. The zero-order valence-electron chi connectivity index (χ0n) is 20.1. The summed E-state index contributed by atoms with van der Waals surface area (Å²) >= 11 is 0. The van der Waals surface area contributed by atoms with Crippen molar-refractivity contribution in [2.24, 2.45) is 0 Å². The summed E-state index contributed by atoms with van der Waals surface area (Å²) in [5.41, 5.74) is 4.34. The van der Waals surface area contributed by atoms with Crippen LogP contribution in [-0.2, 0) is 11.3 Å². The molecule has 0 aliphatic heterocycles. The fourth-order valence-corrected chi connectivity index (χ4v) is 4.16. The minimum absolute atomic E-state index is 0.270. The van der Waals surface area contributed by atoms with Crippen LogP contribution in [0.2, 0.25) is 0 Å². The third kappa shape index (κ3) is 4.31. The fraction of sp³-hybridized carbons (Fsp3) is 0.308. The second kappa shape index (κ2) is 9.51. The van der Waals surface area contributed by atoms with Crippen LogP contribution >= 0.6 is 0 Å². The molecule has 1 N–H and O–H groups in total. The van der Waals surface area contributed by atoms with Crippen LogP contribution in [0.3, 0.4) is 0 Å². The molecule has 8 heteroatoms. The molecule has 0 saturated carbocycles. The Morgan fingerprint density at radius 2 is 1.82 bits per heavy atom. The number of hydrogen-bond acceptors (Lipinski definition) is 5. The van der Waals surface area contributed by atoms with E-state index in [1.165, 1.54) is 4.68 Å². The second-order valence-electron chi connectivity index (χ2n) is 8.38. The van der Waals surface area contributed by atoms with Crippen molar-refractivity contribution >= 4 is 16.8 Å². The minimum atomic E-state index is -0.744. The third-order valence-electron chi connectivity index (χ3n) is 6.01. The lowest BCUT2D eigenvalue weighted by molar-refractivity contribution is -0.125. The Bertz CT molecular complexity index is 1400. The van der Waals surface area contributed by atoms with Gasteiger partial charge in [0.05, 0.1) is 29.6 Å². The van der Waals surface area contributed by atoms with Gasteiger partial charge in [-0.25, -0.2) is 9.36 Å². The number of fused-ring (bicyclic) bond motifs is 1. The van der Waals surface area contributed by atoms with Gasteiger partial charge in [0.25, 0.3) is 5.56 Å². The molecule has 2 aromatic carbocycles. The quantitative estimate of drug-likeness (QED) is 0.454. The zero-order chi connectivity index (χ0) is 24.4. The van der Waals surface area contributed by atoms with E-state index >= 15 is 0 Å². The molecule has 0 saturated heterocycles. The molecule has 1 unspecified atom stereocenters. The summed E-state index contributed by atoms with van der Waals surface area (Å²) in [5, 5.41) is 12.8. The van der Waals surface area contributed by atoms with Gasteiger partial charge >= 0.3 is 0 Å². The topological polar surface area (TPSA) is 91.0 Å². The van der Waals surface area contributed by atoms with Crippen molar-refractivity contribution in [3.63, 3.8) is 0 Å². The van der Waals surface area contributed by atoms with Crippen LogP contribution in [-0.4, -0.2) is 32.6 Å². The number of nitrogens with one attached hydrogen (secondary N) is 1. The maximum Gasteiger partial charge on any atom is 0.295 e. The highest BCUT2D eigenvalue weighted by Crippen LogP contribution is 2.22. The van der Waals surface area contributed by atoms with E-state index in [0.717, 1.165) is 28.3 Å². The minimum Gasteiger partial charge on any atom is -0.497 e. The normalized spacial score (nSPS) is 12.0. The number of carbonyl (C=O) groups is 1. The zero-order valence-corrected chi connectivity index (χ0v) is 20.1. The van der Waals surface area contributed by atoms with Gasteiger partial charge in [0.15, 0.2) is 5.52 Å². The van der Waals surface area contributed by atoms with Crippen molar-refractivity contribution in [1.29, 1.82) is 0 Å². The van der Waals surface area contributed by atoms with Crippen LogP contribution in [0.1, 0.15) is 41.9 Å². The average Bonchev–Trinajstić information content (AvgIpc) is 3.19. The van der Waals surface area contributed by atoms with Gasteiger partial charge in [0.1, 0.15) is 11.8 Å². The van der Waals surface area contributed by atoms with E-state index in [1.807, 2.05) is 76.2 Å². The van der Waals surface area contributed by atoms with E-state index in [0.29, 0.717) is 29.6 Å². The molecule has 2 heterocycles. The van der Waals surface area contributed by atoms with Crippen molar-refractivity contribution in [3.05, 3.63) is 81.4 Å². The van der Waals surface area contributed by atoms with E-state index in [-0.39, 0.29) is 11.5 Å². The first-order valence-electron chi connectivity index (χ1n) is 11.3. The summed E-state index contributed by atoms with van der Waals surface area (Å²) in [6.07, 6.45) is 0.416. The number of carbonyl (C=O) groups excluding carboxylic acids is 1. The molecule has 4 aromatic rings. The van der Waals surface area contributed by atoms with Crippen molar-refractivity contribution < 1.29 is 9.53 Å². The molecule has 0 aliphatic carbocycles. The third-order valence-corrected chi connectivity index (χ3v) is 6.01. The molecular formula is C26H29N5O3. The number of methoxy groups -OCH3 is 1. The molecule has 1 amide bonds. The molecule has 8 nitrogen and oxygen atoms in total. The van der Waals surface area contributed by atoms with Crippen LogP contribution in [0, 0.1) is 20.8 Å². The van der Waals surface area contributed by atoms with Crippen LogP contribution in [0.25, 0.3) is 16.6 Å². The lowest BCUT2D eigenvalue weighted by Gasteiger charge is -2.17. The molecule has 1 atom stereocenters. The van der Waals surface area contributed by atoms with Crippen LogP contribution in [0.4, 0.5) is 0 Å². The standard InChI is InChI=1S/C26H29N5O3/c1-6-22(25(32)27-15-19-8-7-9-21(14-19)34-5)31-26(33)24-23(17(3)28-31)18(4)30(29-24)20-12-10-16(2)11-13-20/h7-14,22H,6,15H2,1-5H3,(H,27,32). The number of benzene rings is 2. The van der Waals surface area contributed by atoms with Crippen LogP contribution < -0.4 is 15.6 Å². The van der Waals surface area contributed by atoms with Gasteiger partial charge in [0, 0.05) is 6.54 Å². The number of rotatable bonds is 7. The number of nitrogens with zero attached hydrogens (tertiary/aromatic N) is 4. The molecule has 0 spiro atoms. The van der Waals surface area contributed by atoms with Gasteiger partial charge in [-0.1, -0.05) is 36.8 Å². The Labute approximate surface area is 198 Å². The Kier molecular flexibility index (Phi) is 6.49. The first-order valence-corrected chi connectivity index (χ1v) is 11.3. The van der Waals surface area contributed by atoms with Gasteiger partial charge in [-0.2, -0.15) is 10.2 Å². The Morgan fingerprint density at radius 3 is 2.50 bits per heavy atom. The van der Waals surface area contributed by atoms with Crippen molar-refractivity contribution in [2.75, 3.05) is 7.11 Å². The lowest BCUT2D eigenvalue weighted by Crippen LogP contribution is -2.38. The van der Waals surface area contributed by atoms with Gasteiger partial charge in [-0.3, -0.25) is 9.59 Å². The highest BCUT2D eigenvalue weighted by atomic mass is 16.5. The molecule has 0 aliphatic rings. The second-order valence-corrected chi connectivity index (χ2v) is 8.38. The first-order chi connectivity index (χ1) is 16.3. The van der Waals surface area contributed by atoms with Crippen LogP contribution in [0.5, 0.6) is 5.75 Å². The van der Waals surface area contributed by atoms with E-state index < -0.39 is 6.04 Å². The molecule has 176 valence electrons. The number of ether oxygens (including phenoxy) is 1. The van der Waals surface area contributed by atoms with E-state index in [2.05, 4.69) is 15.5 Å². The SMILES string of the molecule is CCC(C(=O)NCc1cccc(OC)c1)n1nc(C)c2c(C)n(-c3ccc(C)cc3)nc2c1=O. The van der Waals surface area contributed by atoms with Gasteiger partial charge in [-0.15, -0.1) is 0 Å². The van der Waals surface area contributed by atoms with Crippen molar-refractivity contribution in [3.8, 4) is 11.4 Å². The highest BCUT2D eigenvalue weighted by molar-refractivity contribution is 5.84. The van der Waals surface area contributed by atoms with Gasteiger partial charge in [0.2, 0.25) is 5.91 Å². The summed E-state index contributed by atoms with van der Waals surface area (Å²) < 4.78 is 8.27. The van der Waals surface area contributed by atoms with Crippen molar-refractivity contribution in [2.45, 2.75) is 46.7 Å². The summed E-state index contributed by atoms with van der Waals surface area (Å²) in [5.74, 6) is 0.450. The fourth-order valence-electron chi connectivity index (χ4n) is 4.16. The maximum atomic E-state index is 13.4. The van der Waals surface area contributed by atoms with E-state index in [9.17, 15) is 9.59 Å². The van der Waals surface area contributed by atoms with E-state index in [1.54, 1.807) is 11.8 Å². The number of aromatic nitrogens is 4. The molecule has 0 bridgehead atoms. The molecule has 0 fully saturated rings. The largest absolute Gasteiger partial charge is 0.497 e. The molecule has 4 rings (SSSR count). The molecule has 34 heavy (non-hydrogen) atoms. The lowest BCUT2D eigenvalue weighted by atomic mass is 10.1. The summed E-state index contributed by atoms with van der Waals surface area (Å²) in [6, 6.07) is 14.7. The Morgan fingerprint density at radius 1 is 1.09 bits per heavy atom. The molecule has 2 aromatic heterocycles. The highest BCUT2D eigenvalue weighted by Gasteiger charge is 2.25. The van der Waals surface area contributed by atoms with E-state index in [4.69, 9.17) is 4.74 Å². The Balaban J connectivity index is 1.68. The number of amides is 1. The first kappa shape index (κ1) is 23.2. The molecule has 0 radical (unpaired) electrons. The van der Waals surface area contributed by atoms with Gasteiger partial charge in [-0.05, 0) is 57.0 Å². The molecular weight excluding hydrogens is 430 g/mol. The summed E-state index contributed by atoms with van der Waals surface area (Å²) in [6.45, 7) is 7.97. The smallest absolute Gasteiger partial charge is 0.295 e. The maximum absolute atomic E-state index is 13.4. The average molecular weight is 460 g/mol. The summed E-state index contributed by atoms with van der Waals surface area (Å²) in [7, 11) is 1.60. The predicted octanol–water partition coefficient (Wildman–Crippen LogP) is 3.78.